The molecule has 0 bridgehead atoms. The molecule has 2 aromatic rings. The zero-order chi connectivity index (χ0) is 20.5. The Morgan fingerprint density at radius 2 is 1.64 bits per heavy atom. The predicted molar refractivity (Wildman–Crippen MR) is 106 cm³/mol. The van der Waals surface area contributed by atoms with E-state index in [-0.39, 0.29) is 0 Å². The zero-order valence-electron chi connectivity index (χ0n) is 16.2. The minimum atomic E-state index is -0.880. The third-order valence-corrected chi connectivity index (χ3v) is 3.92. The smallest absolute Gasteiger partial charge is 0.329 e. The van der Waals surface area contributed by atoms with E-state index in [1.807, 2.05) is 19.1 Å². The average Bonchev–Trinajstić information content (AvgIpc) is 2.73. The molecule has 8 heteroatoms. The van der Waals surface area contributed by atoms with Gasteiger partial charge in [0.15, 0.2) is 11.5 Å². The Morgan fingerprint density at radius 3 is 2.21 bits per heavy atom. The molecule has 28 heavy (non-hydrogen) atoms. The molecule has 8 nitrogen and oxygen atoms in total. The lowest BCUT2D eigenvalue weighted by Gasteiger charge is -2.12. The third kappa shape index (κ3) is 5.00. The monoisotopic (exact) mass is 385 g/mol. The quantitative estimate of drug-likeness (QED) is 0.433. The Balaban J connectivity index is 2.05. The fourth-order valence-electron chi connectivity index (χ4n) is 2.52. The van der Waals surface area contributed by atoms with E-state index in [9.17, 15) is 9.59 Å². The van der Waals surface area contributed by atoms with Crippen molar-refractivity contribution in [1.82, 2.24) is 5.43 Å². The van der Waals surface area contributed by atoms with Crippen LogP contribution in [0.2, 0.25) is 0 Å². The molecule has 2 N–H and O–H groups in total. The van der Waals surface area contributed by atoms with Crippen LogP contribution in [0.4, 0.5) is 5.69 Å². The van der Waals surface area contributed by atoms with Gasteiger partial charge in [0.25, 0.3) is 0 Å². The highest BCUT2D eigenvalue weighted by Crippen LogP contribution is 2.37. The summed E-state index contributed by atoms with van der Waals surface area (Å²) in [4.78, 5) is 24.0. The van der Waals surface area contributed by atoms with Crippen LogP contribution >= 0.6 is 0 Å². The van der Waals surface area contributed by atoms with Gasteiger partial charge in [0.05, 0.1) is 27.5 Å². The predicted octanol–water partition coefficient (Wildman–Crippen LogP) is 2.36. The van der Waals surface area contributed by atoms with Crippen molar-refractivity contribution in [2.75, 3.05) is 26.6 Å². The van der Waals surface area contributed by atoms with Crippen molar-refractivity contribution in [3.8, 4) is 17.2 Å². The van der Waals surface area contributed by atoms with E-state index < -0.39 is 11.8 Å². The van der Waals surface area contributed by atoms with Crippen molar-refractivity contribution in [1.29, 1.82) is 0 Å². The van der Waals surface area contributed by atoms with E-state index in [0.29, 0.717) is 28.5 Å². The molecule has 0 aromatic heterocycles. The van der Waals surface area contributed by atoms with Gasteiger partial charge < -0.3 is 19.5 Å². The van der Waals surface area contributed by atoms with Crippen molar-refractivity contribution < 1.29 is 23.8 Å². The first kappa shape index (κ1) is 20.8. The van der Waals surface area contributed by atoms with Gasteiger partial charge >= 0.3 is 11.8 Å². The third-order valence-electron chi connectivity index (χ3n) is 3.92. The molecule has 148 valence electrons. The lowest BCUT2D eigenvalue weighted by molar-refractivity contribution is -0.136. The van der Waals surface area contributed by atoms with Crippen molar-refractivity contribution >= 4 is 23.7 Å². The molecule has 0 saturated carbocycles. The Bertz CT molecular complexity index is 855. The number of rotatable bonds is 7. The van der Waals surface area contributed by atoms with Gasteiger partial charge in [-0.1, -0.05) is 25.1 Å². The second-order valence-electron chi connectivity index (χ2n) is 5.62. The Hall–Kier alpha value is -3.55. The summed E-state index contributed by atoms with van der Waals surface area (Å²) in [5.74, 6) is -0.343. The summed E-state index contributed by atoms with van der Waals surface area (Å²) in [6, 6.07) is 10.6. The van der Waals surface area contributed by atoms with Gasteiger partial charge in [-0.3, -0.25) is 9.59 Å². The van der Waals surface area contributed by atoms with Crippen LogP contribution < -0.4 is 25.0 Å². The summed E-state index contributed by atoms with van der Waals surface area (Å²) in [5, 5.41) is 6.40. The number of nitrogens with zero attached hydrogens (tertiary/aromatic N) is 1. The first-order chi connectivity index (χ1) is 13.5. The van der Waals surface area contributed by atoms with Crippen LogP contribution in [0.25, 0.3) is 0 Å². The second-order valence-corrected chi connectivity index (χ2v) is 5.62. The van der Waals surface area contributed by atoms with Gasteiger partial charge in [0.2, 0.25) is 5.75 Å². The molecule has 0 radical (unpaired) electrons. The van der Waals surface area contributed by atoms with Crippen molar-refractivity contribution in [3.63, 3.8) is 0 Å². The maximum absolute atomic E-state index is 12.1. The van der Waals surface area contributed by atoms with Crippen LogP contribution in [0.5, 0.6) is 17.2 Å². The maximum atomic E-state index is 12.1. The fraction of sp³-hybridized carbons (Fsp3) is 0.250. The Morgan fingerprint density at radius 1 is 1.00 bits per heavy atom. The highest BCUT2D eigenvalue weighted by molar-refractivity contribution is 6.39. The molecule has 2 amide bonds. The molecule has 2 aromatic carbocycles. The minimum absolute atomic E-state index is 0.445. The van der Waals surface area contributed by atoms with E-state index in [2.05, 4.69) is 15.8 Å². The van der Waals surface area contributed by atoms with Crippen LogP contribution in [0.3, 0.4) is 0 Å². The molecular formula is C20H23N3O5. The minimum Gasteiger partial charge on any atom is -0.493 e. The normalized spacial score (nSPS) is 10.4. The van der Waals surface area contributed by atoms with Crippen LogP contribution in [0.15, 0.2) is 41.5 Å². The molecule has 0 atom stereocenters. The van der Waals surface area contributed by atoms with Gasteiger partial charge in [0.1, 0.15) is 0 Å². The number of aryl methyl sites for hydroxylation is 1. The Kier molecular flexibility index (Phi) is 7.38. The van der Waals surface area contributed by atoms with Gasteiger partial charge in [-0.15, -0.1) is 0 Å². The number of methoxy groups -OCH3 is 3. The molecule has 0 fully saturated rings. The number of para-hydroxylation sites is 1. The van der Waals surface area contributed by atoms with E-state index in [0.717, 1.165) is 12.0 Å². The SMILES string of the molecule is CCc1ccccc1NC(=O)C(=O)N/N=C/c1cc(OC)c(OC)c(OC)c1. The number of nitrogens with one attached hydrogen (secondary N) is 2. The van der Waals surface area contributed by atoms with E-state index >= 15 is 0 Å². The summed E-state index contributed by atoms with van der Waals surface area (Å²) in [6.07, 6.45) is 2.10. The molecule has 0 saturated heterocycles. The fourth-order valence-corrected chi connectivity index (χ4v) is 2.52. The number of carbonyl (C=O) groups excluding carboxylic acids is 2. The van der Waals surface area contributed by atoms with E-state index in [4.69, 9.17) is 14.2 Å². The highest BCUT2D eigenvalue weighted by Gasteiger charge is 2.15. The molecule has 0 aliphatic rings. The number of amides is 2. The van der Waals surface area contributed by atoms with Crippen molar-refractivity contribution in [2.24, 2.45) is 5.10 Å². The van der Waals surface area contributed by atoms with Gasteiger partial charge in [-0.05, 0) is 30.2 Å². The van der Waals surface area contributed by atoms with Crippen molar-refractivity contribution in [3.05, 3.63) is 47.5 Å². The molecule has 0 aliphatic carbocycles. The first-order valence-electron chi connectivity index (χ1n) is 8.56. The number of carbonyl (C=O) groups is 2. The second kappa shape index (κ2) is 9.96. The standard InChI is InChI=1S/C20H23N3O5/c1-5-14-8-6-7-9-15(14)22-19(24)20(25)23-21-12-13-10-16(26-2)18(28-4)17(11-13)27-3/h6-12H,5H2,1-4H3,(H,22,24)(H,23,25)/b21-12+. The molecule has 0 aliphatic heterocycles. The lowest BCUT2D eigenvalue weighted by atomic mass is 10.1. The lowest BCUT2D eigenvalue weighted by Crippen LogP contribution is -2.32. The van der Waals surface area contributed by atoms with Crippen LogP contribution in [-0.2, 0) is 16.0 Å². The van der Waals surface area contributed by atoms with Crippen LogP contribution in [0, 0.1) is 0 Å². The summed E-state index contributed by atoms with van der Waals surface area (Å²) in [7, 11) is 4.50. The maximum Gasteiger partial charge on any atom is 0.329 e. The molecule has 2 rings (SSSR count). The summed E-state index contributed by atoms with van der Waals surface area (Å²) in [5.41, 5.74) is 4.32. The Labute approximate surface area is 163 Å². The largest absolute Gasteiger partial charge is 0.493 e. The van der Waals surface area contributed by atoms with Gasteiger partial charge in [-0.2, -0.15) is 5.10 Å². The van der Waals surface area contributed by atoms with E-state index in [1.54, 1.807) is 24.3 Å². The number of anilines is 1. The molecular weight excluding hydrogens is 362 g/mol. The number of benzene rings is 2. The topological polar surface area (TPSA) is 98.3 Å². The average molecular weight is 385 g/mol. The van der Waals surface area contributed by atoms with Crippen LogP contribution in [0.1, 0.15) is 18.1 Å². The molecule has 0 spiro atoms. The van der Waals surface area contributed by atoms with Gasteiger partial charge in [-0.25, -0.2) is 5.43 Å². The zero-order valence-corrected chi connectivity index (χ0v) is 16.2. The van der Waals surface area contributed by atoms with Crippen molar-refractivity contribution in [2.45, 2.75) is 13.3 Å². The molecule has 0 unspecified atom stereocenters. The number of hydrogen-bond donors (Lipinski definition) is 2. The first-order valence-corrected chi connectivity index (χ1v) is 8.56. The van der Waals surface area contributed by atoms with Gasteiger partial charge in [0, 0.05) is 11.3 Å². The summed E-state index contributed by atoms with van der Waals surface area (Å²) >= 11 is 0. The molecule has 0 heterocycles. The number of hydrogen-bond acceptors (Lipinski definition) is 6. The van der Waals surface area contributed by atoms with Crippen LogP contribution in [-0.4, -0.2) is 39.4 Å². The summed E-state index contributed by atoms with van der Waals surface area (Å²) in [6.45, 7) is 1.97. The highest BCUT2D eigenvalue weighted by atomic mass is 16.5. The number of hydrazone groups is 1. The van der Waals surface area contributed by atoms with E-state index in [1.165, 1.54) is 27.5 Å². The number of ether oxygens (including phenoxy) is 3. The summed E-state index contributed by atoms with van der Waals surface area (Å²) < 4.78 is 15.8.